The third-order valence-corrected chi connectivity index (χ3v) is 4.79. The first-order valence-electron chi connectivity index (χ1n) is 9.71. The monoisotopic (exact) mass is 381 g/mol. The number of rotatable bonds is 7. The topological polar surface area (TPSA) is 61.9 Å². The first kappa shape index (κ1) is 19.9. The average molecular weight is 381 g/mol. The highest BCUT2D eigenvalue weighted by Crippen LogP contribution is 2.20. The molecule has 148 valence electrons. The van der Waals surface area contributed by atoms with Crippen molar-refractivity contribution < 1.29 is 14.3 Å². The molecule has 0 aromatic heterocycles. The van der Waals surface area contributed by atoms with Gasteiger partial charge in [0.05, 0.1) is 0 Å². The Kier molecular flexibility index (Phi) is 7.03. The summed E-state index contributed by atoms with van der Waals surface area (Å²) in [5, 5.41) is 2.74. The van der Waals surface area contributed by atoms with E-state index in [1.807, 2.05) is 30.3 Å². The zero-order chi connectivity index (χ0) is 19.8. The average Bonchev–Trinajstić information content (AvgIpc) is 2.74. The highest BCUT2D eigenvalue weighted by atomic mass is 16.5. The number of anilines is 2. The summed E-state index contributed by atoms with van der Waals surface area (Å²) in [6, 6.07) is 18.3. The number of piperazine rings is 1. The summed E-state index contributed by atoms with van der Waals surface area (Å²) in [6.07, 6.45) is 0.264. The van der Waals surface area contributed by atoms with Crippen LogP contribution in [0, 0.1) is 0 Å². The Hall–Kier alpha value is -2.86. The molecule has 3 rings (SSSR count). The summed E-state index contributed by atoms with van der Waals surface area (Å²) < 4.78 is 4.83. The lowest BCUT2D eigenvalue weighted by atomic mass is 10.2. The minimum atomic E-state index is -0.378. The van der Waals surface area contributed by atoms with Crippen LogP contribution in [0.1, 0.15) is 18.9 Å². The molecule has 1 N–H and O–H groups in total. The predicted octanol–water partition coefficient (Wildman–Crippen LogP) is 2.90. The van der Waals surface area contributed by atoms with Crippen molar-refractivity contribution in [1.29, 1.82) is 0 Å². The fourth-order valence-electron chi connectivity index (χ4n) is 3.21. The molecule has 1 heterocycles. The third kappa shape index (κ3) is 5.82. The van der Waals surface area contributed by atoms with Crippen LogP contribution in [0.5, 0.6) is 0 Å². The molecular formula is C22H27N3O3. The minimum absolute atomic E-state index is 0.252. The summed E-state index contributed by atoms with van der Waals surface area (Å²) in [5.41, 5.74) is 3.19. The van der Waals surface area contributed by atoms with E-state index in [1.165, 1.54) is 5.56 Å². The quantitative estimate of drug-likeness (QED) is 0.748. The number of carbonyl (C=O) groups excluding carboxylic acids is 2. The third-order valence-electron chi connectivity index (χ3n) is 4.79. The van der Waals surface area contributed by atoms with Gasteiger partial charge in [0, 0.05) is 50.5 Å². The van der Waals surface area contributed by atoms with Gasteiger partial charge >= 0.3 is 5.97 Å². The number of hydrogen-bond donors (Lipinski definition) is 1. The number of hydrogen-bond acceptors (Lipinski definition) is 5. The Morgan fingerprint density at radius 1 is 0.964 bits per heavy atom. The first-order chi connectivity index (χ1) is 13.6. The van der Waals surface area contributed by atoms with Gasteiger partial charge in [-0.1, -0.05) is 37.3 Å². The molecule has 1 aliphatic heterocycles. The molecule has 0 radical (unpaired) electrons. The van der Waals surface area contributed by atoms with Gasteiger partial charge in [0.1, 0.15) is 0 Å². The molecule has 0 unspecified atom stereocenters. The minimum Gasteiger partial charge on any atom is -0.456 e. The maximum Gasteiger partial charge on any atom is 0.306 e. The van der Waals surface area contributed by atoms with Crippen molar-refractivity contribution in [2.75, 3.05) is 43.0 Å². The van der Waals surface area contributed by atoms with Crippen LogP contribution in [0.15, 0.2) is 54.6 Å². The van der Waals surface area contributed by atoms with Crippen molar-refractivity contribution in [1.82, 2.24) is 4.90 Å². The number of esters is 1. The van der Waals surface area contributed by atoms with E-state index in [-0.39, 0.29) is 24.9 Å². The molecule has 1 saturated heterocycles. The van der Waals surface area contributed by atoms with Crippen LogP contribution in [0.2, 0.25) is 0 Å². The largest absolute Gasteiger partial charge is 0.456 e. The Bertz CT molecular complexity index is 769. The van der Waals surface area contributed by atoms with Crippen molar-refractivity contribution in [3.63, 3.8) is 0 Å². The Morgan fingerprint density at radius 2 is 1.64 bits per heavy atom. The lowest BCUT2D eigenvalue weighted by Gasteiger charge is -2.36. The van der Waals surface area contributed by atoms with E-state index >= 15 is 0 Å². The SMILES string of the molecule is CCC(=O)OCC(=O)Nc1ccc(N2CCN(Cc3ccccc3)CC2)cc1. The number of benzene rings is 2. The molecule has 0 atom stereocenters. The lowest BCUT2D eigenvalue weighted by Crippen LogP contribution is -2.45. The number of ether oxygens (including phenoxy) is 1. The molecule has 0 saturated carbocycles. The van der Waals surface area contributed by atoms with E-state index in [0.29, 0.717) is 5.69 Å². The summed E-state index contributed by atoms with van der Waals surface area (Å²) in [6.45, 7) is 6.43. The van der Waals surface area contributed by atoms with Gasteiger partial charge in [0.25, 0.3) is 5.91 Å². The van der Waals surface area contributed by atoms with E-state index in [9.17, 15) is 9.59 Å². The summed E-state index contributed by atoms with van der Waals surface area (Å²) in [5.74, 6) is -0.707. The Balaban J connectivity index is 1.45. The van der Waals surface area contributed by atoms with E-state index in [4.69, 9.17) is 4.74 Å². The Morgan fingerprint density at radius 3 is 2.29 bits per heavy atom. The van der Waals surface area contributed by atoms with Crippen molar-refractivity contribution in [2.24, 2.45) is 0 Å². The molecule has 0 aliphatic carbocycles. The first-order valence-corrected chi connectivity index (χ1v) is 9.71. The predicted molar refractivity (Wildman–Crippen MR) is 110 cm³/mol. The van der Waals surface area contributed by atoms with Crippen molar-refractivity contribution in [3.8, 4) is 0 Å². The van der Waals surface area contributed by atoms with Crippen LogP contribution in [0.4, 0.5) is 11.4 Å². The molecule has 6 nitrogen and oxygen atoms in total. The van der Waals surface area contributed by atoms with Crippen molar-refractivity contribution >= 4 is 23.3 Å². The number of carbonyl (C=O) groups is 2. The van der Waals surface area contributed by atoms with Crippen molar-refractivity contribution in [2.45, 2.75) is 19.9 Å². The number of nitrogens with one attached hydrogen (secondary N) is 1. The second-order valence-corrected chi connectivity index (χ2v) is 6.86. The van der Waals surface area contributed by atoms with E-state index in [2.05, 4.69) is 39.4 Å². The summed E-state index contributed by atoms with van der Waals surface area (Å²) in [4.78, 5) is 27.7. The number of nitrogens with zero attached hydrogens (tertiary/aromatic N) is 2. The summed E-state index contributed by atoms with van der Waals surface area (Å²) in [7, 11) is 0. The normalized spacial score (nSPS) is 14.5. The highest BCUT2D eigenvalue weighted by Gasteiger charge is 2.17. The van der Waals surface area contributed by atoms with Gasteiger partial charge in [-0.15, -0.1) is 0 Å². The van der Waals surface area contributed by atoms with E-state index in [1.54, 1.807) is 6.92 Å². The molecule has 1 fully saturated rings. The van der Waals surface area contributed by atoms with Crippen LogP contribution in [0.3, 0.4) is 0 Å². The smallest absolute Gasteiger partial charge is 0.306 e. The van der Waals surface area contributed by atoms with Gasteiger partial charge in [-0.2, -0.15) is 0 Å². The second-order valence-electron chi connectivity index (χ2n) is 6.86. The lowest BCUT2D eigenvalue weighted by molar-refractivity contribution is -0.146. The van der Waals surface area contributed by atoms with Crippen LogP contribution < -0.4 is 10.2 Å². The highest BCUT2D eigenvalue weighted by molar-refractivity contribution is 5.92. The van der Waals surface area contributed by atoms with Crippen molar-refractivity contribution in [3.05, 3.63) is 60.2 Å². The van der Waals surface area contributed by atoms with Gasteiger partial charge in [0.2, 0.25) is 0 Å². The zero-order valence-electron chi connectivity index (χ0n) is 16.3. The van der Waals surface area contributed by atoms with Gasteiger partial charge in [-0.05, 0) is 29.8 Å². The fourth-order valence-corrected chi connectivity index (χ4v) is 3.21. The molecule has 28 heavy (non-hydrogen) atoms. The van der Waals surface area contributed by atoms with Gasteiger partial charge in [-0.3, -0.25) is 14.5 Å². The Labute approximate surface area is 166 Å². The maximum absolute atomic E-state index is 11.8. The maximum atomic E-state index is 11.8. The summed E-state index contributed by atoms with van der Waals surface area (Å²) >= 11 is 0. The second kappa shape index (κ2) is 9.90. The molecule has 0 bridgehead atoms. The molecule has 2 aromatic rings. The van der Waals surface area contributed by atoms with Gasteiger partial charge in [0.15, 0.2) is 6.61 Å². The molecule has 1 amide bonds. The van der Waals surface area contributed by atoms with Crippen LogP contribution in [0.25, 0.3) is 0 Å². The van der Waals surface area contributed by atoms with Crippen LogP contribution in [-0.2, 0) is 20.9 Å². The van der Waals surface area contributed by atoms with Gasteiger partial charge < -0.3 is 15.0 Å². The molecular weight excluding hydrogens is 354 g/mol. The molecule has 1 aliphatic rings. The molecule has 2 aromatic carbocycles. The van der Waals surface area contributed by atoms with Crippen LogP contribution >= 0.6 is 0 Å². The molecule has 0 spiro atoms. The van der Waals surface area contributed by atoms with Crippen LogP contribution in [-0.4, -0.2) is 49.6 Å². The standard InChI is InChI=1S/C22H27N3O3/c1-2-22(27)28-17-21(26)23-19-8-10-20(11-9-19)25-14-12-24(13-15-25)16-18-6-4-3-5-7-18/h3-11H,2,12-17H2,1H3,(H,23,26). The fraction of sp³-hybridized carbons (Fsp3) is 0.364. The van der Waals surface area contributed by atoms with Gasteiger partial charge in [-0.25, -0.2) is 0 Å². The molecule has 6 heteroatoms. The zero-order valence-corrected chi connectivity index (χ0v) is 16.3. The number of amides is 1. The van der Waals surface area contributed by atoms with E-state index < -0.39 is 0 Å². The van der Waals surface area contributed by atoms with E-state index in [0.717, 1.165) is 38.4 Å².